The van der Waals surface area contributed by atoms with Gasteiger partial charge in [-0.05, 0) is 25.5 Å². The van der Waals surface area contributed by atoms with Gasteiger partial charge in [0.2, 0.25) is 5.91 Å². The summed E-state index contributed by atoms with van der Waals surface area (Å²) in [7, 11) is 0. The van der Waals surface area contributed by atoms with Crippen LogP contribution in [-0.2, 0) is 11.2 Å². The molecule has 1 aliphatic rings. The Bertz CT molecular complexity index is 1520. The van der Waals surface area contributed by atoms with Crippen molar-refractivity contribution in [1.29, 1.82) is 5.26 Å². The molecule has 0 radical (unpaired) electrons. The van der Waals surface area contributed by atoms with Crippen molar-refractivity contribution in [2.75, 3.05) is 29.9 Å². The van der Waals surface area contributed by atoms with E-state index in [4.69, 9.17) is 20.8 Å². The second-order valence-corrected chi connectivity index (χ2v) is 10.0. The number of nitrogens with one attached hydrogen (secondary N) is 1. The molecule has 0 unspecified atom stereocenters. The maximum absolute atomic E-state index is 11.9. The first-order valence-electron chi connectivity index (χ1n) is 12.6. The highest BCUT2D eigenvalue weighted by atomic mass is 16.5. The first-order valence-corrected chi connectivity index (χ1v) is 12.6. The van der Waals surface area contributed by atoms with Crippen molar-refractivity contribution in [2.45, 2.75) is 39.7 Å². The van der Waals surface area contributed by atoms with Crippen LogP contribution in [0.3, 0.4) is 0 Å². The number of piperidine rings is 1. The van der Waals surface area contributed by atoms with E-state index < -0.39 is 5.91 Å². The Labute approximate surface area is 225 Å². The topological polar surface area (TPSA) is 173 Å². The number of anilines is 2. The van der Waals surface area contributed by atoms with E-state index in [-0.39, 0.29) is 23.6 Å². The van der Waals surface area contributed by atoms with Crippen LogP contribution in [0.5, 0.6) is 6.01 Å². The second kappa shape index (κ2) is 10.5. The number of fused-ring (bicyclic) bond motifs is 1. The molecule has 13 nitrogen and oxygen atoms in total. The zero-order valence-electron chi connectivity index (χ0n) is 22.0. The van der Waals surface area contributed by atoms with Crippen LogP contribution >= 0.6 is 0 Å². The summed E-state index contributed by atoms with van der Waals surface area (Å²) in [5.74, 6) is 0.942. The molecule has 1 saturated heterocycles. The number of nitriles is 1. The van der Waals surface area contributed by atoms with Gasteiger partial charge in [0.1, 0.15) is 11.9 Å². The number of hydrogen-bond donors (Lipinski definition) is 2. The monoisotopic (exact) mass is 527 g/mol. The van der Waals surface area contributed by atoms with E-state index in [0.29, 0.717) is 47.4 Å². The van der Waals surface area contributed by atoms with E-state index in [1.807, 2.05) is 25.1 Å². The highest BCUT2D eigenvalue weighted by Crippen LogP contribution is 2.34. The summed E-state index contributed by atoms with van der Waals surface area (Å²) in [6.45, 7) is 8.13. The number of amides is 1. The van der Waals surface area contributed by atoms with E-state index in [1.165, 1.54) is 0 Å². The Morgan fingerprint density at radius 3 is 2.67 bits per heavy atom. The van der Waals surface area contributed by atoms with Crippen molar-refractivity contribution in [3.63, 3.8) is 0 Å². The minimum absolute atomic E-state index is 0.0206. The average Bonchev–Trinajstić information content (AvgIpc) is 3.36. The Hall–Kier alpha value is -4.86. The lowest BCUT2D eigenvalue weighted by atomic mass is 9.79. The van der Waals surface area contributed by atoms with Gasteiger partial charge in [0.25, 0.3) is 0 Å². The standard InChI is InChI=1S/C26H29N11O2/c1-4-39-25-30-13-17(14-31-25)19-10-23-29-12-16(9-21(28)38)24(37(23)35-19)32-20-7-8-36(15-26(20,2)3)22-6-5-18(11-27)33-34-22/h5-6,10,12-14,20,32H,4,7-9,15H2,1-3H3,(H2,28,38)/t20-/m1/s1. The maximum atomic E-state index is 11.9. The van der Waals surface area contributed by atoms with Crippen molar-refractivity contribution in [3.8, 4) is 23.3 Å². The number of rotatable bonds is 8. The van der Waals surface area contributed by atoms with Crippen LogP contribution in [0.25, 0.3) is 16.9 Å². The molecule has 4 aromatic heterocycles. The van der Waals surface area contributed by atoms with Gasteiger partial charge in [-0.15, -0.1) is 10.2 Å². The first-order chi connectivity index (χ1) is 18.8. The Balaban J connectivity index is 1.44. The molecule has 39 heavy (non-hydrogen) atoms. The molecule has 5 rings (SSSR count). The largest absolute Gasteiger partial charge is 0.464 e. The predicted octanol–water partition coefficient (Wildman–Crippen LogP) is 1.99. The minimum Gasteiger partial charge on any atom is -0.464 e. The Morgan fingerprint density at radius 1 is 1.23 bits per heavy atom. The number of ether oxygens (including phenoxy) is 1. The summed E-state index contributed by atoms with van der Waals surface area (Å²) >= 11 is 0. The third kappa shape index (κ3) is 5.40. The van der Waals surface area contributed by atoms with E-state index in [2.05, 4.69) is 49.2 Å². The number of hydrogen-bond acceptors (Lipinski definition) is 11. The summed E-state index contributed by atoms with van der Waals surface area (Å²) in [6, 6.07) is 7.68. The van der Waals surface area contributed by atoms with Crippen molar-refractivity contribution in [1.82, 2.24) is 34.8 Å². The Morgan fingerprint density at radius 2 is 2.03 bits per heavy atom. The number of nitrogens with zero attached hydrogens (tertiary/aromatic N) is 9. The van der Waals surface area contributed by atoms with E-state index in [0.717, 1.165) is 18.8 Å². The molecule has 0 bridgehead atoms. The zero-order valence-corrected chi connectivity index (χ0v) is 22.0. The van der Waals surface area contributed by atoms with Crippen molar-refractivity contribution in [2.24, 2.45) is 11.1 Å². The number of carbonyl (C=O) groups excluding carboxylic acids is 1. The highest BCUT2D eigenvalue weighted by molar-refractivity contribution is 5.78. The molecule has 1 aliphatic heterocycles. The minimum atomic E-state index is -0.458. The fourth-order valence-electron chi connectivity index (χ4n) is 4.77. The van der Waals surface area contributed by atoms with Crippen LogP contribution in [0.4, 0.5) is 11.6 Å². The van der Waals surface area contributed by atoms with Crippen LogP contribution in [0.1, 0.15) is 38.4 Å². The van der Waals surface area contributed by atoms with Gasteiger partial charge in [-0.3, -0.25) is 4.79 Å². The quantitative estimate of drug-likeness (QED) is 0.343. The summed E-state index contributed by atoms with van der Waals surface area (Å²) in [5, 5.41) is 25.7. The third-order valence-corrected chi connectivity index (χ3v) is 6.75. The Kier molecular flexibility index (Phi) is 6.93. The van der Waals surface area contributed by atoms with Crippen LogP contribution in [0.15, 0.2) is 36.8 Å². The predicted molar refractivity (Wildman–Crippen MR) is 143 cm³/mol. The number of primary amides is 1. The van der Waals surface area contributed by atoms with Crippen molar-refractivity contribution >= 4 is 23.2 Å². The van der Waals surface area contributed by atoms with E-state index >= 15 is 0 Å². The van der Waals surface area contributed by atoms with Gasteiger partial charge in [0.15, 0.2) is 17.2 Å². The molecular weight excluding hydrogens is 498 g/mol. The molecule has 1 amide bonds. The van der Waals surface area contributed by atoms with Crippen molar-refractivity contribution < 1.29 is 9.53 Å². The van der Waals surface area contributed by atoms with Gasteiger partial charge in [0, 0.05) is 60.3 Å². The summed E-state index contributed by atoms with van der Waals surface area (Å²) in [6.07, 6.45) is 5.78. The first kappa shape index (κ1) is 25.8. The third-order valence-electron chi connectivity index (χ3n) is 6.75. The molecule has 0 saturated carbocycles. The lowest BCUT2D eigenvalue weighted by Crippen LogP contribution is -2.52. The molecule has 0 aromatic carbocycles. The van der Waals surface area contributed by atoms with Gasteiger partial charge in [0.05, 0.1) is 18.7 Å². The average molecular weight is 528 g/mol. The van der Waals surface area contributed by atoms with Gasteiger partial charge in [-0.2, -0.15) is 14.9 Å². The summed E-state index contributed by atoms with van der Waals surface area (Å²) in [4.78, 5) is 27.1. The number of aromatic nitrogens is 7. The molecule has 200 valence electrons. The number of carbonyl (C=O) groups is 1. The van der Waals surface area contributed by atoms with Gasteiger partial charge >= 0.3 is 6.01 Å². The summed E-state index contributed by atoms with van der Waals surface area (Å²) < 4.78 is 7.05. The van der Waals surface area contributed by atoms with Crippen LogP contribution < -0.4 is 20.7 Å². The molecule has 0 aliphatic carbocycles. The fraction of sp³-hybridized carbons (Fsp3) is 0.385. The molecule has 1 fully saturated rings. The summed E-state index contributed by atoms with van der Waals surface area (Å²) in [5.41, 5.74) is 8.27. The normalized spacial score (nSPS) is 16.6. The van der Waals surface area contributed by atoms with E-state index in [9.17, 15) is 4.79 Å². The molecule has 13 heteroatoms. The maximum Gasteiger partial charge on any atom is 0.316 e. The SMILES string of the molecule is CCOc1ncc(-c2cc3ncc(CC(N)=O)c(N[C@@H]4CCN(c5ccc(C#N)nn5)CC4(C)C)n3n2)cn1. The fourth-order valence-corrected chi connectivity index (χ4v) is 4.77. The smallest absolute Gasteiger partial charge is 0.316 e. The number of nitrogens with two attached hydrogens (primary N) is 1. The molecule has 4 aromatic rings. The van der Waals surface area contributed by atoms with Crippen LogP contribution in [0, 0.1) is 16.7 Å². The zero-order chi connectivity index (χ0) is 27.6. The van der Waals surface area contributed by atoms with Gasteiger partial charge in [-0.1, -0.05) is 13.8 Å². The van der Waals surface area contributed by atoms with Crippen LogP contribution in [0.2, 0.25) is 0 Å². The molecular formula is C26H29N11O2. The van der Waals surface area contributed by atoms with Gasteiger partial charge < -0.3 is 20.7 Å². The van der Waals surface area contributed by atoms with Crippen molar-refractivity contribution in [3.05, 3.63) is 48.0 Å². The lowest BCUT2D eigenvalue weighted by molar-refractivity contribution is -0.117. The van der Waals surface area contributed by atoms with Crippen LogP contribution in [-0.4, -0.2) is 66.4 Å². The molecule has 1 atom stereocenters. The molecule has 0 spiro atoms. The lowest BCUT2D eigenvalue weighted by Gasteiger charge is -2.45. The van der Waals surface area contributed by atoms with E-state index in [1.54, 1.807) is 29.2 Å². The second-order valence-electron chi connectivity index (χ2n) is 10.0. The molecule has 3 N–H and O–H groups in total. The highest BCUT2D eigenvalue weighted by Gasteiger charge is 2.37. The molecule has 5 heterocycles. The van der Waals surface area contributed by atoms with Gasteiger partial charge in [-0.25, -0.2) is 15.0 Å².